The summed E-state index contributed by atoms with van der Waals surface area (Å²) in [6, 6.07) is 11.1. The second kappa shape index (κ2) is 7.65. The van der Waals surface area contributed by atoms with Gasteiger partial charge in [-0.1, -0.05) is 6.42 Å². The minimum absolute atomic E-state index is 0.129. The highest BCUT2D eigenvalue weighted by Gasteiger charge is 2.26. The molecule has 1 fully saturated rings. The molecule has 140 valence electrons. The number of hydrogen-bond acceptors (Lipinski definition) is 5. The Balaban J connectivity index is 1.41. The van der Waals surface area contributed by atoms with Crippen molar-refractivity contribution < 1.29 is 13.9 Å². The number of benzene rings is 1. The maximum absolute atomic E-state index is 12.4. The minimum Gasteiger partial charge on any atom is -0.494 e. The van der Waals surface area contributed by atoms with E-state index in [0.717, 1.165) is 30.0 Å². The lowest BCUT2D eigenvalue weighted by atomic mass is 9.85. The van der Waals surface area contributed by atoms with Gasteiger partial charge in [-0.25, -0.2) is 0 Å². The molecule has 0 atom stereocenters. The fourth-order valence-electron chi connectivity index (χ4n) is 3.06. The van der Waals surface area contributed by atoms with Crippen LogP contribution in [0.3, 0.4) is 0 Å². The summed E-state index contributed by atoms with van der Waals surface area (Å²) in [5.74, 6) is 2.19. The van der Waals surface area contributed by atoms with E-state index in [0.29, 0.717) is 24.3 Å². The molecule has 1 aromatic carbocycles. The molecule has 2 aromatic heterocycles. The molecule has 7 nitrogen and oxygen atoms in total. The lowest BCUT2D eigenvalue weighted by molar-refractivity contribution is -0.116. The Kier molecular flexibility index (Phi) is 4.91. The van der Waals surface area contributed by atoms with Crippen molar-refractivity contribution in [1.29, 1.82) is 0 Å². The number of hydrogen-bond donors (Lipinski definition) is 1. The number of amides is 1. The Bertz CT molecular complexity index is 909. The van der Waals surface area contributed by atoms with Gasteiger partial charge in [-0.3, -0.25) is 4.79 Å². The summed E-state index contributed by atoms with van der Waals surface area (Å²) in [6.45, 7) is 2.71. The van der Waals surface area contributed by atoms with Gasteiger partial charge in [0.25, 0.3) is 5.89 Å². The molecule has 0 spiro atoms. The Morgan fingerprint density at radius 3 is 2.78 bits per heavy atom. The van der Waals surface area contributed by atoms with Crippen LogP contribution >= 0.6 is 0 Å². The largest absolute Gasteiger partial charge is 0.494 e. The lowest BCUT2D eigenvalue weighted by Gasteiger charge is -2.20. The Morgan fingerprint density at radius 1 is 1.26 bits per heavy atom. The molecule has 4 rings (SSSR count). The van der Waals surface area contributed by atoms with Crippen LogP contribution in [0.5, 0.6) is 5.75 Å². The summed E-state index contributed by atoms with van der Waals surface area (Å²) in [4.78, 5) is 12.4. The van der Waals surface area contributed by atoms with E-state index in [-0.39, 0.29) is 12.5 Å². The van der Waals surface area contributed by atoms with E-state index in [1.165, 1.54) is 6.42 Å². The molecule has 1 aliphatic rings. The molecule has 0 radical (unpaired) electrons. The van der Waals surface area contributed by atoms with Crippen LogP contribution in [0.4, 0.5) is 5.69 Å². The summed E-state index contributed by atoms with van der Waals surface area (Å²) in [6.07, 6.45) is 5.26. The van der Waals surface area contributed by atoms with Gasteiger partial charge < -0.3 is 19.0 Å². The number of carbonyl (C=O) groups is 1. The number of carbonyl (C=O) groups excluding carboxylic acids is 1. The molecule has 7 heteroatoms. The van der Waals surface area contributed by atoms with E-state index in [4.69, 9.17) is 9.15 Å². The first kappa shape index (κ1) is 17.3. The van der Waals surface area contributed by atoms with Gasteiger partial charge >= 0.3 is 0 Å². The maximum Gasteiger partial charge on any atom is 0.264 e. The third kappa shape index (κ3) is 3.86. The van der Waals surface area contributed by atoms with Gasteiger partial charge in [0.1, 0.15) is 18.0 Å². The van der Waals surface area contributed by atoms with Crippen LogP contribution in [-0.2, 0) is 11.3 Å². The van der Waals surface area contributed by atoms with E-state index >= 15 is 0 Å². The van der Waals surface area contributed by atoms with Crippen LogP contribution in [0.1, 0.15) is 38.0 Å². The molecular formula is C20H22N4O3. The van der Waals surface area contributed by atoms with Crippen molar-refractivity contribution in [2.75, 3.05) is 11.9 Å². The van der Waals surface area contributed by atoms with E-state index in [1.54, 1.807) is 0 Å². The number of anilines is 1. The molecule has 1 aliphatic carbocycles. The highest BCUT2D eigenvalue weighted by molar-refractivity contribution is 5.90. The summed E-state index contributed by atoms with van der Waals surface area (Å²) in [5.41, 5.74) is 1.47. The van der Waals surface area contributed by atoms with Crippen LogP contribution < -0.4 is 10.1 Å². The third-order valence-electron chi connectivity index (χ3n) is 4.71. The Labute approximate surface area is 157 Å². The topological polar surface area (TPSA) is 82.2 Å². The number of ether oxygens (including phenoxy) is 1. The van der Waals surface area contributed by atoms with Crippen LogP contribution in [-0.4, -0.2) is 27.3 Å². The van der Waals surface area contributed by atoms with Crippen molar-refractivity contribution in [3.05, 3.63) is 48.5 Å². The Hall–Kier alpha value is -3.09. The number of nitrogens with one attached hydrogen (secondary N) is 1. The molecule has 1 saturated carbocycles. The molecule has 1 N–H and O–H groups in total. The van der Waals surface area contributed by atoms with Crippen molar-refractivity contribution in [1.82, 2.24) is 14.8 Å². The molecule has 0 bridgehead atoms. The average Bonchev–Trinajstić information content (AvgIpc) is 3.25. The molecule has 0 unspecified atom stereocenters. The second-order valence-corrected chi connectivity index (χ2v) is 6.60. The van der Waals surface area contributed by atoms with Gasteiger partial charge in [-0.15, -0.1) is 10.2 Å². The molecule has 2 heterocycles. The van der Waals surface area contributed by atoms with Crippen LogP contribution in [0.2, 0.25) is 0 Å². The number of rotatable bonds is 7. The SMILES string of the molecule is CCOc1ccc(NC(=O)Cn2cccc2-c2nnc(C3CCC3)o2)cc1. The molecular weight excluding hydrogens is 344 g/mol. The monoisotopic (exact) mass is 366 g/mol. The van der Waals surface area contributed by atoms with E-state index in [9.17, 15) is 4.79 Å². The highest BCUT2D eigenvalue weighted by Crippen LogP contribution is 2.36. The summed E-state index contributed by atoms with van der Waals surface area (Å²) >= 11 is 0. The minimum atomic E-state index is -0.129. The summed E-state index contributed by atoms with van der Waals surface area (Å²) in [7, 11) is 0. The van der Waals surface area contributed by atoms with Gasteiger partial charge in [-0.05, 0) is 56.2 Å². The zero-order valence-corrected chi connectivity index (χ0v) is 15.2. The normalized spacial score (nSPS) is 14.0. The summed E-state index contributed by atoms with van der Waals surface area (Å²) in [5, 5.41) is 11.2. The van der Waals surface area contributed by atoms with E-state index in [1.807, 2.05) is 54.1 Å². The van der Waals surface area contributed by atoms with Gasteiger partial charge in [0, 0.05) is 17.8 Å². The standard InChI is InChI=1S/C20H22N4O3/c1-2-26-16-10-8-15(9-11-16)21-18(25)13-24-12-4-7-17(24)20-23-22-19(27-20)14-5-3-6-14/h4,7-12,14H,2-3,5-6,13H2,1H3,(H,21,25). The quantitative estimate of drug-likeness (QED) is 0.687. The van der Waals surface area contributed by atoms with Gasteiger partial charge in [0.2, 0.25) is 11.8 Å². The van der Waals surface area contributed by atoms with Crippen molar-refractivity contribution in [3.63, 3.8) is 0 Å². The zero-order valence-electron chi connectivity index (χ0n) is 15.2. The van der Waals surface area contributed by atoms with Crippen LogP contribution in [0.15, 0.2) is 47.0 Å². The first-order valence-corrected chi connectivity index (χ1v) is 9.24. The fraction of sp³-hybridized carbons (Fsp3) is 0.350. The molecule has 0 saturated heterocycles. The maximum atomic E-state index is 12.4. The van der Waals surface area contributed by atoms with Gasteiger partial charge in [0.05, 0.1) is 6.61 Å². The van der Waals surface area contributed by atoms with E-state index < -0.39 is 0 Å². The number of aromatic nitrogens is 3. The summed E-state index contributed by atoms with van der Waals surface area (Å²) < 4.78 is 13.0. The van der Waals surface area contributed by atoms with Crippen molar-refractivity contribution >= 4 is 11.6 Å². The average molecular weight is 366 g/mol. The highest BCUT2D eigenvalue weighted by atomic mass is 16.5. The predicted molar refractivity (Wildman–Crippen MR) is 101 cm³/mol. The Morgan fingerprint density at radius 2 is 2.07 bits per heavy atom. The third-order valence-corrected chi connectivity index (χ3v) is 4.71. The fourth-order valence-corrected chi connectivity index (χ4v) is 3.06. The molecule has 0 aliphatic heterocycles. The first-order valence-electron chi connectivity index (χ1n) is 9.24. The van der Waals surface area contributed by atoms with Crippen molar-refractivity contribution in [3.8, 4) is 17.3 Å². The second-order valence-electron chi connectivity index (χ2n) is 6.60. The lowest BCUT2D eigenvalue weighted by Crippen LogP contribution is -2.18. The smallest absolute Gasteiger partial charge is 0.264 e. The molecule has 1 amide bonds. The predicted octanol–water partition coefficient (Wildman–Crippen LogP) is 3.84. The van der Waals surface area contributed by atoms with E-state index in [2.05, 4.69) is 15.5 Å². The van der Waals surface area contributed by atoms with Crippen LogP contribution in [0.25, 0.3) is 11.6 Å². The van der Waals surface area contributed by atoms with Gasteiger partial charge in [-0.2, -0.15) is 0 Å². The number of nitrogens with zero attached hydrogens (tertiary/aromatic N) is 3. The molecule has 3 aromatic rings. The van der Waals surface area contributed by atoms with Gasteiger partial charge in [0.15, 0.2) is 0 Å². The zero-order chi connectivity index (χ0) is 18.6. The van der Waals surface area contributed by atoms with Crippen LogP contribution in [0, 0.1) is 0 Å². The van der Waals surface area contributed by atoms with Crippen molar-refractivity contribution in [2.45, 2.75) is 38.6 Å². The molecule has 27 heavy (non-hydrogen) atoms. The van der Waals surface area contributed by atoms with Crippen molar-refractivity contribution in [2.24, 2.45) is 0 Å². The first-order chi connectivity index (χ1) is 13.2.